The van der Waals surface area contributed by atoms with Gasteiger partial charge in [-0.25, -0.2) is 15.8 Å². The third-order valence-electron chi connectivity index (χ3n) is 7.65. The first-order valence-electron chi connectivity index (χ1n) is 13.0. The third kappa shape index (κ3) is 5.13. The summed E-state index contributed by atoms with van der Waals surface area (Å²) < 4.78 is 3.19. The maximum absolute atomic E-state index is 12.9. The van der Waals surface area contributed by atoms with Crippen LogP contribution in [0.1, 0.15) is 41.6 Å². The van der Waals surface area contributed by atoms with E-state index in [9.17, 15) is 4.79 Å². The minimum atomic E-state index is -0.00801. The lowest BCUT2D eigenvalue weighted by atomic mass is 10.1. The molecule has 0 unspecified atom stereocenters. The van der Waals surface area contributed by atoms with Crippen LogP contribution in [0, 0.1) is 25.2 Å². The number of terminal acetylenes is 1. The molecular formula is C29H32N6OS. The molecule has 2 aliphatic heterocycles. The van der Waals surface area contributed by atoms with Crippen molar-refractivity contribution in [3.63, 3.8) is 0 Å². The van der Waals surface area contributed by atoms with Crippen LogP contribution in [-0.4, -0.2) is 52.0 Å². The molecule has 8 heteroatoms. The number of hydrogen-bond acceptors (Lipinski definition) is 6. The number of rotatable bonds is 9. The lowest BCUT2D eigenvalue weighted by Gasteiger charge is -2.19. The average Bonchev–Trinajstić information content (AvgIpc) is 3.20. The van der Waals surface area contributed by atoms with Crippen LogP contribution in [-0.2, 0) is 0 Å². The lowest BCUT2D eigenvalue weighted by molar-refractivity contribution is 0.0947. The number of carbonyl (C=O) groups excluding carboxylic acids is 1. The molecule has 0 radical (unpaired) electrons. The van der Waals surface area contributed by atoms with Crippen molar-refractivity contribution in [3.8, 4) is 23.6 Å². The number of benzene rings is 2. The summed E-state index contributed by atoms with van der Waals surface area (Å²) in [6.45, 7) is 5.94. The summed E-state index contributed by atoms with van der Waals surface area (Å²) in [4.78, 5) is 21.2. The van der Waals surface area contributed by atoms with Gasteiger partial charge in [0.05, 0.1) is 21.6 Å². The average molecular weight is 513 g/mol. The van der Waals surface area contributed by atoms with E-state index < -0.39 is 0 Å². The number of aryl methyl sites for hydroxylation is 1. The largest absolute Gasteiger partial charge is 0.352 e. The number of hydrazine groups is 1. The normalized spacial score (nSPS) is 18.9. The smallest absolute Gasteiger partial charge is 0.251 e. The number of thiazole rings is 1. The second-order valence-corrected chi connectivity index (χ2v) is 11.4. The summed E-state index contributed by atoms with van der Waals surface area (Å²) in [6, 6.07) is 14.4. The van der Waals surface area contributed by atoms with Crippen LogP contribution in [0.15, 0.2) is 48.7 Å². The Labute approximate surface area is 221 Å². The van der Waals surface area contributed by atoms with Crippen LogP contribution in [0.5, 0.6) is 0 Å². The number of fused-ring (bicyclic) bond motifs is 3. The molecule has 2 aromatic carbocycles. The molecular weight excluding hydrogens is 480 g/mol. The highest BCUT2D eigenvalue weighted by atomic mass is 32.1. The monoisotopic (exact) mass is 512 g/mol. The molecule has 0 aliphatic carbocycles. The van der Waals surface area contributed by atoms with E-state index in [2.05, 4.69) is 68.8 Å². The summed E-state index contributed by atoms with van der Waals surface area (Å²) in [7, 11) is 0. The molecule has 4 aromatic rings. The van der Waals surface area contributed by atoms with Crippen molar-refractivity contribution >= 4 is 32.4 Å². The Morgan fingerprint density at radius 3 is 2.86 bits per heavy atom. The molecule has 1 atom stereocenters. The molecule has 0 spiro atoms. The van der Waals surface area contributed by atoms with Crippen molar-refractivity contribution in [1.29, 1.82) is 0 Å². The minimum absolute atomic E-state index is 0.00801. The molecule has 6 rings (SSSR count). The van der Waals surface area contributed by atoms with Gasteiger partial charge in [0.25, 0.3) is 5.91 Å². The second kappa shape index (κ2) is 9.92. The van der Waals surface area contributed by atoms with Gasteiger partial charge in [-0.05, 0) is 56.8 Å². The van der Waals surface area contributed by atoms with Crippen molar-refractivity contribution in [2.75, 3.05) is 26.2 Å². The van der Waals surface area contributed by atoms with Crippen LogP contribution in [0.3, 0.4) is 0 Å². The fourth-order valence-electron chi connectivity index (χ4n) is 5.23. The number of amides is 1. The molecule has 37 heavy (non-hydrogen) atoms. The second-order valence-electron chi connectivity index (χ2n) is 10.4. The molecule has 3 N–H and O–H groups in total. The third-order valence-corrected chi connectivity index (χ3v) is 8.67. The number of carbonyl (C=O) groups is 1. The highest BCUT2D eigenvalue weighted by molar-refractivity contribution is 7.23. The zero-order valence-electron chi connectivity index (χ0n) is 21.1. The number of likely N-dealkylation sites (tertiary alicyclic amines) is 1. The molecule has 2 saturated heterocycles. The summed E-state index contributed by atoms with van der Waals surface area (Å²) >= 11 is 1.62. The summed E-state index contributed by atoms with van der Waals surface area (Å²) in [5.74, 6) is 3.20. The van der Waals surface area contributed by atoms with Crippen LogP contribution >= 0.6 is 11.3 Å². The van der Waals surface area contributed by atoms with E-state index in [1.807, 2.05) is 18.2 Å². The zero-order valence-corrected chi connectivity index (χ0v) is 21.9. The van der Waals surface area contributed by atoms with E-state index in [0.29, 0.717) is 18.0 Å². The van der Waals surface area contributed by atoms with Gasteiger partial charge in [0.2, 0.25) is 0 Å². The Bertz CT molecular complexity index is 1480. The van der Waals surface area contributed by atoms with E-state index in [-0.39, 0.29) is 11.6 Å². The summed E-state index contributed by atoms with van der Waals surface area (Å²) in [5, 5.41) is 3.17. The number of nitrogens with one attached hydrogen (secondary N) is 3. The predicted molar refractivity (Wildman–Crippen MR) is 149 cm³/mol. The Morgan fingerprint density at radius 2 is 2.08 bits per heavy atom. The highest BCUT2D eigenvalue weighted by Gasteiger charge is 2.41. The number of hydrogen-bond donors (Lipinski definition) is 3. The summed E-state index contributed by atoms with van der Waals surface area (Å²) in [6.07, 6.45) is 11.4. The standard InChI is InChI=1S/C29H32N6OS/c1-3-4-12-29(32-33-29)13-15-34-14-11-21(18-34)17-30-27(36)23-9-10-25-26(16-23)37-28-31-24(19-35(25)28)22-7-5-20(2)6-8-22/h1,5-10,16,19,21,32-33H,4,11-15,17-18H2,2H3,(H,30,36)/t21-/m0/s1. The number of imidazole rings is 1. The number of aromatic nitrogens is 2. The van der Waals surface area contributed by atoms with E-state index in [1.54, 1.807) is 11.3 Å². The highest BCUT2D eigenvalue weighted by Crippen LogP contribution is 2.30. The molecule has 2 aliphatic rings. The van der Waals surface area contributed by atoms with Gasteiger partial charge in [-0.1, -0.05) is 41.2 Å². The minimum Gasteiger partial charge on any atom is -0.352 e. The quantitative estimate of drug-likeness (QED) is 0.231. The van der Waals surface area contributed by atoms with Gasteiger partial charge in [0.1, 0.15) is 0 Å². The fraction of sp³-hybridized carbons (Fsp3) is 0.379. The zero-order chi connectivity index (χ0) is 25.4. The van der Waals surface area contributed by atoms with E-state index >= 15 is 0 Å². The summed E-state index contributed by atoms with van der Waals surface area (Å²) in [5.41, 5.74) is 11.7. The van der Waals surface area contributed by atoms with Crippen molar-refractivity contribution in [2.24, 2.45) is 5.92 Å². The van der Waals surface area contributed by atoms with Gasteiger partial charge in [-0.15, -0.1) is 12.3 Å². The lowest BCUT2D eigenvalue weighted by Crippen LogP contribution is -2.32. The van der Waals surface area contributed by atoms with E-state index in [4.69, 9.17) is 11.4 Å². The van der Waals surface area contributed by atoms with Gasteiger partial charge in [-0.2, -0.15) is 0 Å². The maximum atomic E-state index is 12.9. The predicted octanol–water partition coefficient (Wildman–Crippen LogP) is 4.18. The van der Waals surface area contributed by atoms with Crippen molar-refractivity contribution in [2.45, 2.75) is 38.3 Å². The molecule has 1 amide bonds. The first-order chi connectivity index (χ1) is 18.0. The van der Waals surface area contributed by atoms with Crippen LogP contribution < -0.4 is 16.2 Å². The molecule has 2 aromatic heterocycles. The molecule has 190 valence electrons. The molecule has 2 fully saturated rings. The van der Waals surface area contributed by atoms with Crippen molar-refractivity contribution in [1.82, 2.24) is 30.5 Å². The van der Waals surface area contributed by atoms with Crippen LogP contribution in [0.4, 0.5) is 0 Å². The van der Waals surface area contributed by atoms with Gasteiger partial charge >= 0.3 is 0 Å². The molecule has 4 heterocycles. The maximum Gasteiger partial charge on any atom is 0.251 e. The molecule has 0 bridgehead atoms. The fourth-order valence-corrected chi connectivity index (χ4v) is 6.27. The van der Waals surface area contributed by atoms with Gasteiger partial charge in [0.15, 0.2) is 4.96 Å². The van der Waals surface area contributed by atoms with Crippen molar-refractivity contribution < 1.29 is 4.79 Å². The van der Waals surface area contributed by atoms with Gasteiger partial charge in [0, 0.05) is 43.4 Å². The first kappa shape index (κ1) is 24.1. The number of nitrogens with zero attached hydrogens (tertiary/aromatic N) is 3. The first-order valence-corrected chi connectivity index (χ1v) is 13.8. The van der Waals surface area contributed by atoms with Crippen LogP contribution in [0.2, 0.25) is 0 Å². The van der Waals surface area contributed by atoms with Gasteiger partial charge < -0.3 is 10.2 Å². The Hall–Kier alpha value is -3.22. The molecule has 0 saturated carbocycles. The topological polar surface area (TPSA) is 93.5 Å². The Balaban J connectivity index is 1.04. The Kier molecular flexibility index (Phi) is 6.47. The van der Waals surface area contributed by atoms with Gasteiger partial charge in [-0.3, -0.25) is 9.20 Å². The van der Waals surface area contributed by atoms with Crippen LogP contribution in [0.25, 0.3) is 26.4 Å². The van der Waals surface area contributed by atoms with E-state index in [1.165, 1.54) is 5.56 Å². The Morgan fingerprint density at radius 1 is 1.24 bits per heavy atom. The molecule has 7 nitrogen and oxygen atoms in total. The van der Waals surface area contributed by atoms with E-state index in [0.717, 1.165) is 71.8 Å². The SMILES string of the molecule is C#CCCC1(CCN2CC[C@@H](CNC(=O)c3ccc4c(c3)sc3nc(-c5ccc(C)cc5)cn34)C2)NN1. The van der Waals surface area contributed by atoms with Crippen molar-refractivity contribution in [3.05, 3.63) is 59.8 Å².